The number of nitrogens with two attached hydrogens (primary N) is 1. The van der Waals surface area contributed by atoms with Crippen LogP contribution in [0.5, 0.6) is 11.5 Å². The number of nitro benzene ring substituents is 1. The molecule has 6 nitrogen and oxygen atoms in total. The fraction of sp³-hybridized carbons (Fsp3) is 0.333. The van der Waals surface area contributed by atoms with E-state index in [-0.39, 0.29) is 21.4 Å². The summed E-state index contributed by atoms with van der Waals surface area (Å²) < 4.78 is 12.4. The number of benzene rings is 4. The van der Waals surface area contributed by atoms with Gasteiger partial charge in [-0.25, -0.2) is 0 Å². The number of nitrogen functional groups attached to an aromatic ring is 1. The zero-order valence-electron chi connectivity index (χ0n) is 27.7. The predicted octanol–water partition coefficient (Wildman–Crippen LogP) is 10.1. The van der Waals surface area contributed by atoms with Gasteiger partial charge in [-0.05, 0) is 60.3 Å². The lowest BCUT2D eigenvalue weighted by Gasteiger charge is -2.26. The topological polar surface area (TPSA) is 87.6 Å². The minimum absolute atomic E-state index is 0.0339. The summed E-state index contributed by atoms with van der Waals surface area (Å²) in [5, 5.41) is 11.4. The van der Waals surface area contributed by atoms with Crippen LogP contribution >= 0.6 is 0 Å². The molecule has 4 rings (SSSR count). The van der Waals surface area contributed by atoms with E-state index in [4.69, 9.17) is 14.6 Å². The maximum absolute atomic E-state index is 11.4. The van der Waals surface area contributed by atoms with Gasteiger partial charge in [0, 0.05) is 28.4 Å². The van der Waals surface area contributed by atoms with Crippen molar-refractivity contribution >= 4 is 29.5 Å². The first-order valence-electron chi connectivity index (χ1n) is 14.8. The second kappa shape index (κ2) is 14.3. The maximum atomic E-state index is 11.4. The van der Waals surface area contributed by atoms with E-state index in [2.05, 4.69) is 92.0 Å². The first-order chi connectivity index (χ1) is 20.5. The van der Waals surface area contributed by atoms with E-state index in [1.54, 1.807) is 12.1 Å². The molecule has 0 saturated carbocycles. The van der Waals surface area contributed by atoms with E-state index in [0.717, 1.165) is 39.4 Å². The largest absolute Gasteiger partial charge is 0.542 e. The molecule has 0 fully saturated rings. The van der Waals surface area contributed by atoms with E-state index in [1.165, 1.54) is 11.6 Å². The minimum Gasteiger partial charge on any atom is -0.542 e. The van der Waals surface area contributed by atoms with Gasteiger partial charge in [-0.2, -0.15) is 0 Å². The van der Waals surface area contributed by atoms with Gasteiger partial charge in [0.1, 0.15) is 11.5 Å². The van der Waals surface area contributed by atoms with Crippen molar-refractivity contribution in [2.24, 2.45) is 0 Å². The second-order valence-corrected chi connectivity index (χ2v) is 17.3. The van der Waals surface area contributed by atoms with Crippen LogP contribution < -0.4 is 14.6 Å². The Bertz CT molecular complexity index is 1590. The molecule has 0 heterocycles. The van der Waals surface area contributed by atoms with Gasteiger partial charge in [0.25, 0.3) is 23.8 Å². The SMILES string of the molecule is C[Si](C)Oc1c(-c2ccccc2N)cccc1C(C)(C)C.C[Si](C)Oc1c(-c2ccccc2[N+](=O)[O-])cccc1C(C)(C)C. The summed E-state index contributed by atoms with van der Waals surface area (Å²) in [7, 11) is -1.85. The van der Waals surface area contributed by atoms with Crippen molar-refractivity contribution in [1.29, 1.82) is 0 Å². The van der Waals surface area contributed by atoms with Gasteiger partial charge in [0.15, 0.2) is 0 Å². The Morgan fingerprint density at radius 3 is 1.39 bits per heavy atom. The summed E-state index contributed by atoms with van der Waals surface area (Å²) in [6.07, 6.45) is 0. The maximum Gasteiger partial charge on any atom is 0.277 e. The molecule has 0 aliphatic heterocycles. The smallest absolute Gasteiger partial charge is 0.277 e. The van der Waals surface area contributed by atoms with Crippen molar-refractivity contribution in [2.75, 3.05) is 5.73 Å². The first-order valence-corrected chi connectivity index (χ1v) is 19.7. The quantitative estimate of drug-likeness (QED) is 0.0954. The molecule has 8 heteroatoms. The normalized spacial score (nSPS) is 11.6. The number of nitrogens with zero attached hydrogens (tertiary/aromatic N) is 1. The summed E-state index contributed by atoms with van der Waals surface area (Å²) in [6, 6.07) is 27.0. The van der Waals surface area contributed by atoms with Crippen LogP contribution in [0.2, 0.25) is 26.2 Å². The van der Waals surface area contributed by atoms with Crippen LogP contribution in [0.25, 0.3) is 22.3 Å². The van der Waals surface area contributed by atoms with Crippen molar-refractivity contribution in [3.05, 3.63) is 106 Å². The Morgan fingerprint density at radius 2 is 0.977 bits per heavy atom. The summed E-state index contributed by atoms with van der Waals surface area (Å²) in [6.45, 7) is 21.4. The Labute approximate surface area is 266 Å². The molecule has 0 aliphatic carbocycles. The molecule has 4 aromatic rings. The first kappa shape index (κ1) is 34.6. The van der Waals surface area contributed by atoms with Crippen LogP contribution in [0.4, 0.5) is 11.4 Å². The number of hydrogen-bond donors (Lipinski definition) is 1. The van der Waals surface area contributed by atoms with Crippen LogP contribution in [0.1, 0.15) is 52.7 Å². The van der Waals surface area contributed by atoms with Crippen LogP contribution in [-0.4, -0.2) is 23.0 Å². The summed E-state index contributed by atoms with van der Waals surface area (Å²) in [5.74, 6) is 1.76. The highest BCUT2D eigenvalue weighted by Gasteiger charge is 2.26. The highest BCUT2D eigenvalue weighted by Crippen LogP contribution is 2.43. The lowest BCUT2D eigenvalue weighted by atomic mass is 9.84. The van der Waals surface area contributed by atoms with Crippen LogP contribution in [0.3, 0.4) is 0 Å². The van der Waals surface area contributed by atoms with Crippen molar-refractivity contribution < 1.29 is 13.8 Å². The molecule has 2 N–H and O–H groups in total. The lowest BCUT2D eigenvalue weighted by molar-refractivity contribution is -0.384. The molecule has 2 radical (unpaired) electrons. The van der Waals surface area contributed by atoms with Gasteiger partial charge >= 0.3 is 0 Å². The Morgan fingerprint density at radius 1 is 0.591 bits per heavy atom. The predicted molar refractivity (Wildman–Crippen MR) is 188 cm³/mol. The highest BCUT2D eigenvalue weighted by atomic mass is 28.3. The second-order valence-electron chi connectivity index (χ2n) is 13.2. The number of hydrogen-bond acceptors (Lipinski definition) is 5. The molecule has 4 aromatic carbocycles. The number of anilines is 1. The molecule has 0 aromatic heterocycles. The van der Waals surface area contributed by atoms with Gasteiger partial charge in [-0.15, -0.1) is 0 Å². The van der Waals surface area contributed by atoms with Crippen molar-refractivity contribution in [1.82, 2.24) is 0 Å². The van der Waals surface area contributed by atoms with Crippen molar-refractivity contribution in [3.63, 3.8) is 0 Å². The molecule has 0 spiro atoms. The number of nitro groups is 1. The zero-order chi connectivity index (χ0) is 32.8. The van der Waals surface area contributed by atoms with E-state index >= 15 is 0 Å². The standard InChI is InChI=1S/C18H22NO3Si.C18H24NOSi/c1-18(2,3)15-11-8-10-14(17(15)22-23(4)5)13-9-6-7-12-16(13)19(20)21;1-18(2,3)15-11-8-10-14(17(15)20-21(4)5)13-9-6-7-12-16(13)19/h6-12H,1-5H3;6-12H,19H2,1-5H3. The summed E-state index contributed by atoms with van der Waals surface area (Å²) in [5.41, 5.74) is 12.8. The van der Waals surface area contributed by atoms with Gasteiger partial charge in [-0.1, -0.05) is 108 Å². The molecule has 0 atom stereocenters. The van der Waals surface area contributed by atoms with Gasteiger partial charge in [-0.3, -0.25) is 10.1 Å². The average Bonchev–Trinajstić information content (AvgIpc) is 2.92. The van der Waals surface area contributed by atoms with Crippen molar-refractivity contribution in [3.8, 4) is 33.8 Å². The Balaban J connectivity index is 0.000000241. The monoisotopic (exact) mass is 626 g/mol. The van der Waals surface area contributed by atoms with Gasteiger partial charge in [0.2, 0.25) is 0 Å². The van der Waals surface area contributed by atoms with E-state index in [9.17, 15) is 10.1 Å². The van der Waals surface area contributed by atoms with Crippen LogP contribution in [0.15, 0.2) is 84.9 Å². The third kappa shape index (κ3) is 8.60. The molecule has 0 aliphatic rings. The molecule has 0 unspecified atom stereocenters. The molecule has 44 heavy (non-hydrogen) atoms. The fourth-order valence-corrected chi connectivity index (χ4v) is 6.17. The molecule has 0 bridgehead atoms. The fourth-order valence-electron chi connectivity index (χ4n) is 4.91. The molecule has 0 amide bonds. The zero-order valence-corrected chi connectivity index (χ0v) is 29.7. The Hall–Kier alpha value is -3.89. The van der Waals surface area contributed by atoms with Crippen LogP contribution in [-0.2, 0) is 10.8 Å². The van der Waals surface area contributed by atoms with Crippen molar-refractivity contribution in [2.45, 2.75) is 78.6 Å². The molecule has 0 saturated heterocycles. The third-order valence-corrected chi connectivity index (χ3v) is 8.13. The highest BCUT2D eigenvalue weighted by molar-refractivity contribution is 6.49. The van der Waals surface area contributed by atoms with E-state index in [0.29, 0.717) is 5.56 Å². The summed E-state index contributed by atoms with van der Waals surface area (Å²) >= 11 is 0. The van der Waals surface area contributed by atoms with E-state index < -0.39 is 18.1 Å². The van der Waals surface area contributed by atoms with E-state index in [1.807, 2.05) is 42.5 Å². The number of rotatable bonds is 7. The minimum atomic E-state index is -1.00. The molecular weight excluding hydrogens is 581 g/mol. The lowest BCUT2D eigenvalue weighted by Crippen LogP contribution is -2.19. The average molecular weight is 627 g/mol. The van der Waals surface area contributed by atoms with Crippen LogP contribution in [0, 0.1) is 10.1 Å². The molecule has 232 valence electrons. The summed E-state index contributed by atoms with van der Waals surface area (Å²) in [4.78, 5) is 11.0. The van der Waals surface area contributed by atoms with Gasteiger partial charge in [0.05, 0.1) is 10.5 Å². The number of para-hydroxylation sites is 4. The van der Waals surface area contributed by atoms with Gasteiger partial charge < -0.3 is 14.6 Å². The third-order valence-electron chi connectivity index (χ3n) is 6.90. The molecular formula is C36H46N2O4Si2. The Kier molecular flexibility index (Phi) is 11.2.